The van der Waals surface area contributed by atoms with E-state index in [1.54, 1.807) is 6.07 Å². The SMILES string of the molecule is CCN/C=C(\C=N)c1ccc2c(c1)CCn1c(OC[C@@H]3COCCO3)cc(=O)c(C)c1-2. The van der Waals surface area contributed by atoms with Crippen LogP contribution >= 0.6 is 0 Å². The van der Waals surface area contributed by atoms with Crippen LogP contribution in [0.2, 0.25) is 0 Å². The molecule has 1 aromatic heterocycles. The zero-order valence-corrected chi connectivity index (χ0v) is 18.1. The number of aryl methyl sites for hydroxylation is 1. The lowest BCUT2D eigenvalue weighted by molar-refractivity contribution is -0.102. The van der Waals surface area contributed by atoms with Crippen LogP contribution in [-0.2, 0) is 22.4 Å². The van der Waals surface area contributed by atoms with Gasteiger partial charge in [0, 0.05) is 48.3 Å². The first-order chi connectivity index (χ1) is 15.1. The Balaban J connectivity index is 1.68. The lowest BCUT2D eigenvalue weighted by Gasteiger charge is -2.28. The molecule has 31 heavy (non-hydrogen) atoms. The third-order valence-electron chi connectivity index (χ3n) is 5.73. The number of ether oxygens (including phenoxy) is 3. The van der Waals surface area contributed by atoms with Gasteiger partial charge < -0.3 is 29.5 Å². The maximum Gasteiger partial charge on any atom is 0.197 e. The predicted molar refractivity (Wildman–Crippen MR) is 121 cm³/mol. The first-order valence-corrected chi connectivity index (χ1v) is 10.8. The fourth-order valence-corrected chi connectivity index (χ4v) is 4.09. The predicted octanol–water partition coefficient (Wildman–Crippen LogP) is 2.77. The third-order valence-corrected chi connectivity index (χ3v) is 5.73. The average molecular weight is 424 g/mol. The molecule has 1 aromatic carbocycles. The Kier molecular flexibility index (Phi) is 6.53. The summed E-state index contributed by atoms with van der Waals surface area (Å²) in [4.78, 5) is 12.7. The summed E-state index contributed by atoms with van der Waals surface area (Å²) >= 11 is 0. The molecule has 164 valence electrons. The Bertz CT molecular complexity index is 1050. The molecule has 2 aromatic rings. The number of hydrogen-bond acceptors (Lipinski definition) is 6. The van der Waals surface area contributed by atoms with Crippen LogP contribution in [0.25, 0.3) is 16.8 Å². The quantitative estimate of drug-likeness (QED) is 0.669. The highest BCUT2D eigenvalue weighted by molar-refractivity contribution is 6.08. The number of nitrogens with zero attached hydrogens (tertiary/aromatic N) is 1. The van der Waals surface area contributed by atoms with E-state index in [-0.39, 0.29) is 11.5 Å². The third kappa shape index (κ3) is 4.43. The summed E-state index contributed by atoms with van der Waals surface area (Å²) in [6.07, 6.45) is 3.93. The van der Waals surface area contributed by atoms with Crippen LogP contribution in [0, 0.1) is 12.3 Å². The van der Waals surface area contributed by atoms with Gasteiger partial charge in [-0.05, 0) is 31.4 Å². The molecule has 2 N–H and O–H groups in total. The monoisotopic (exact) mass is 423 g/mol. The van der Waals surface area contributed by atoms with Crippen molar-refractivity contribution < 1.29 is 14.2 Å². The molecule has 2 aliphatic heterocycles. The highest BCUT2D eigenvalue weighted by atomic mass is 16.6. The highest BCUT2D eigenvalue weighted by Crippen LogP contribution is 2.35. The van der Waals surface area contributed by atoms with E-state index in [9.17, 15) is 4.79 Å². The lowest BCUT2D eigenvalue weighted by atomic mass is 9.91. The molecule has 4 rings (SSSR count). The van der Waals surface area contributed by atoms with Gasteiger partial charge in [-0.15, -0.1) is 0 Å². The number of hydrogen-bond donors (Lipinski definition) is 2. The summed E-state index contributed by atoms with van der Waals surface area (Å²) in [7, 11) is 0. The number of aromatic nitrogens is 1. The van der Waals surface area contributed by atoms with Crippen LogP contribution in [0.15, 0.2) is 35.3 Å². The fraction of sp³-hybridized carbons (Fsp3) is 0.417. The van der Waals surface area contributed by atoms with Gasteiger partial charge in [-0.25, -0.2) is 0 Å². The van der Waals surface area contributed by atoms with Crippen molar-refractivity contribution in [2.75, 3.05) is 33.0 Å². The molecular weight excluding hydrogens is 394 g/mol. The number of benzene rings is 1. The van der Waals surface area contributed by atoms with Gasteiger partial charge in [0.15, 0.2) is 11.3 Å². The summed E-state index contributed by atoms with van der Waals surface area (Å²) < 4.78 is 19.2. The Hall–Kier alpha value is -2.90. The first kappa shape index (κ1) is 21.3. The number of rotatable bonds is 7. The second-order valence-corrected chi connectivity index (χ2v) is 7.77. The van der Waals surface area contributed by atoms with Gasteiger partial charge in [0.25, 0.3) is 0 Å². The maximum atomic E-state index is 12.7. The molecule has 1 atom stereocenters. The lowest BCUT2D eigenvalue weighted by Crippen LogP contribution is -2.34. The summed E-state index contributed by atoms with van der Waals surface area (Å²) in [5.74, 6) is 0.571. The first-order valence-electron chi connectivity index (χ1n) is 10.8. The molecule has 7 nitrogen and oxygen atoms in total. The topological polar surface area (TPSA) is 85.6 Å². The smallest absolute Gasteiger partial charge is 0.197 e. The van der Waals surface area contributed by atoms with Crippen LogP contribution in [-0.4, -0.2) is 49.9 Å². The van der Waals surface area contributed by atoms with Gasteiger partial charge in [-0.2, -0.15) is 0 Å². The molecule has 0 spiro atoms. The highest BCUT2D eigenvalue weighted by Gasteiger charge is 2.23. The standard InChI is InChI=1S/C24H29N3O4/c1-3-26-13-19(12-25)17-4-5-21-18(10-17)6-7-27-23(11-22(28)16(2)24(21)27)31-15-20-14-29-8-9-30-20/h4-5,10-13,20,25-26H,3,6-9,14-15H2,1-2H3/b19-13+,25-12?/t20-/m0/s1. The van der Waals surface area contributed by atoms with Crippen molar-refractivity contribution in [1.82, 2.24) is 9.88 Å². The number of pyridine rings is 1. The molecule has 2 aliphatic rings. The van der Waals surface area contributed by atoms with Crippen LogP contribution in [0.5, 0.6) is 5.88 Å². The van der Waals surface area contributed by atoms with Crippen molar-refractivity contribution in [3.8, 4) is 17.1 Å². The van der Waals surface area contributed by atoms with E-state index in [0.717, 1.165) is 41.9 Å². The van der Waals surface area contributed by atoms with Gasteiger partial charge >= 0.3 is 0 Å². The maximum absolute atomic E-state index is 12.7. The summed E-state index contributed by atoms with van der Waals surface area (Å²) in [5, 5.41) is 10.9. The second-order valence-electron chi connectivity index (χ2n) is 7.77. The van der Waals surface area contributed by atoms with Crippen LogP contribution in [0.4, 0.5) is 0 Å². The largest absolute Gasteiger partial charge is 0.476 e. The number of fused-ring (bicyclic) bond motifs is 3. The zero-order valence-electron chi connectivity index (χ0n) is 18.1. The fourth-order valence-electron chi connectivity index (χ4n) is 4.09. The average Bonchev–Trinajstić information content (AvgIpc) is 2.81. The van der Waals surface area contributed by atoms with Gasteiger partial charge in [-0.3, -0.25) is 4.79 Å². The minimum absolute atomic E-state index is 0.0359. The van der Waals surface area contributed by atoms with Crippen molar-refractivity contribution in [3.63, 3.8) is 0 Å². The second kappa shape index (κ2) is 9.49. The Morgan fingerprint density at radius 1 is 1.35 bits per heavy atom. The van der Waals surface area contributed by atoms with E-state index < -0.39 is 0 Å². The van der Waals surface area contributed by atoms with E-state index in [1.807, 2.05) is 32.2 Å². The zero-order chi connectivity index (χ0) is 21.8. The van der Waals surface area contributed by atoms with Crippen molar-refractivity contribution in [3.05, 3.63) is 57.4 Å². The van der Waals surface area contributed by atoms with E-state index in [2.05, 4.69) is 16.0 Å². The Morgan fingerprint density at radius 2 is 2.23 bits per heavy atom. The normalized spacial score (nSPS) is 18.1. The van der Waals surface area contributed by atoms with E-state index >= 15 is 0 Å². The Morgan fingerprint density at radius 3 is 2.97 bits per heavy atom. The van der Waals surface area contributed by atoms with Crippen molar-refractivity contribution in [2.45, 2.75) is 32.9 Å². The summed E-state index contributed by atoms with van der Waals surface area (Å²) in [6, 6.07) is 7.76. The van der Waals surface area contributed by atoms with Crippen LogP contribution in [0.3, 0.4) is 0 Å². The molecular formula is C24H29N3O4. The number of allylic oxidation sites excluding steroid dienone is 1. The molecule has 0 bridgehead atoms. The van der Waals surface area contributed by atoms with Gasteiger partial charge in [0.1, 0.15) is 12.7 Å². The molecule has 1 saturated heterocycles. The summed E-state index contributed by atoms with van der Waals surface area (Å²) in [5.41, 5.74) is 5.62. The van der Waals surface area contributed by atoms with E-state index in [1.165, 1.54) is 11.8 Å². The minimum atomic E-state index is -0.122. The van der Waals surface area contributed by atoms with E-state index in [4.69, 9.17) is 19.6 Å². The van der Waals surface area contributed by atoms with Crippen LogP contribution < -0.4 is 15.5 Å². The molecule has 0 radical (unpaired) electrons. The minimum Gasteiger partial charge on any atom is -0.476 e. The molecule has 1 fully saturated rings. The molecule has 0 unspecified atom stereocenters. The van der Waals surface area contributed by atoms with Crippen molar-refractivity contribution >= 4 is 11.8 Å². The molecule has 3 heterocycles. The molecule has 0 saturated carbocycles. The Labute approximate surface area is 182 Å². The van der Waals surface area contributed by atoms with Gasteiger partial charge in [0.2, 0.25) is 0 Å². The number of nitrogens with one attached hydrogen (secondary N) is 2. The van der Waals surface area contributed by atoms with Crippen molar-refractivity contribution in [2.24, 2.45) is 0 Å². The van der Waals surface area contributed by atoms with Gasteiger partial charge in [0.05, 0.1) is 25.5 Å². The van der Waals surface area contributed by atoms with Gasteiger partial charge in [-0.1, -0.05) is 18.2 Å². The van der Waals surface area contributed by atoms with Crippen molar-refractivity contribution in [1.29, 1.82) is 5.41 Å². The molecule has 0 amide bonds. The molecule has 0 aliphatic carbocycles. The summed E-state index contributed by atoms with van der Waals surface area (Å²) in [6.45, 7) is 7.45. The van der Waals surface area contributed by atoms with E-state index in [0.29, 0.717) is 37.9 Å². The van der Waals surface area contributed by atoms with Crippen LogP contribution in [0.1, 0.15) is 23.6 Å². The molecule has 7 heteroatoms.